The maximum atomic E-state index is 11.3. The summed E-state index contributed by atoms with van der Waals surface area (Å²) in [5, 5.41) is 21.4. The Hall–Kier alpha value is -2.21. The topological polar surface area (TPSA) is 69.6 Å². The van der Waals surface area contributed by atoms with E-state index in [1.807, 2.05) is 36.4 Å². The van der Waals surface area contributed by atoms with Crippen molar-refractivity contribution in [2.24, 2.45) is 0 Å². The third-order valence-electron chi connectivity index (χ3n) is 3.56. The lowest BCUT2D eigenvalue weighted by Gasteiger charge is -2.11. The summed E-state index contributed by atoms with van der Waals surface area (Å²) >= 11 is 7.29. The van der Waals surface area contributed by atoms with Crippen molar-refractivity contribution in [3.8, 4) is 5.75 Å². The highest BCUT2D eigenvalue weighted by molar-refractivity contribution is 7.97. The van der Waals surface area contributed by atoms with E-state index in [9.17, 15) is 15.0 Å². The lowest BCUT2D eigenvalue weighted by atomic mass is 10.1. The Bertz CT molecular complexity index is 914. The standard InChI is InChI=1S/C18H14ClNO3S/c19-12-5-3-4-11(8-12)10-20-24-16-9-15(18(22)23)17(21)14-7-2-1-6-13(14)16/h1-9,20-21H,10H2,(H,22,23). The van der Waals surface area contributed by atoms with Crippen LogP contribution in [-0.2, 0) is 6.54 Å². The number of rotatable bonds is 5. The van der Waals surface area contributed by atoms with E-state index in [0.717, 1.165) is 15.8 Å². The smallest absolute Gasteiger partial charge is 0.339 e. The van der Waals surface area contributed by atoms with E-state index in [2.05, 4.69) is 4.72 Å². The fraction of sp³-hybridized carbons (Fsp3) is 0.0556. The third-order valence-corrected chi connectivity index (χ3v) is 4.64. The Kier molecular flexibility index (Phi) is 4.94. The third kappa shape index (κ3) is 3.48. The van der Waals surface area contributed by atoms with Gasteiger partial charge < -0.3 is 10.2 Å². The van der Waals surface area contributed by atoms with Gasteiger partial charge in [-0.05, 0) is 35.7 Å². The maximum Gasteiger partial charge on any atom is 0.339 e. The van der Waals surface area contributed by atoms with Gasteiger partial charge in [0.25, 0.3) is 0 Å². The molecule has 3 rings (SSSR count). The van der Waals surface area contributed by atoms with Crippen LogP contribution in [0.5, 0.6) is 5.75 Å². The zero-order valence-electron chi connectivity index (χ0n) is 12.5. The van der Waals surface area contributed by atoms with Gasteiger partial charge in [-0.3, -0.25) is 4.72 Å². The summed E-state index contributed by atoms with van der Waals surface area (Å²) in [4.78, 5) is 12.1. The molecule has 0 bridgehead atoms. The number of nitrogens with one attached hydrogen (secondary N) is 1. The number of hydrogen-bond acceptors (Lipinski definition) is 4. The normalized spacial score (nSPS) is 10.9. The van der Waals surface area contributed by atoms with Crippen LogP contribution in [0.25, 0.3) is 10.8 Å². The van der Waals surface area contributed by atoms with Gasteiger partial charge in [0.15, 0.2) is 0 Å². The highest BCUT2D eigenvalue weighted by Crippen LogP contribution is 2.35. The van der Waals surface area contributed by atoms with Crippen LogP contribution < -0.4 is 4.72 Å². The molecule has 24 heavy (non-hydrogen) atoms. The second-order valence-corrected chi connectivity index (χ2v) is 6.54. The monoisotopic (exact) mass is 359 g/mol. The van der Waals surface area contributed by atoms with Crippen molar-refractivity contribution in [2.75, 3.05) is 0 Å². The number of carbonyl (C=O) groups is 1. The van der Waals surface area contributed by atoms with E-state index in [1.165, 1.54) is 18.0 Å². The van der Waals surface area contributed by atoms with Gasteiger partial charge in [-0.2, -0.15) is 0 Å². The maximum absolute atomic E-state index is 11.3. The number of carboxylic acids is 1. The van der Waals surface area contributed by atoms with Crippen LogP contribution >= 0.6 is 23.5 Å². The number of aromatic carboxylic acids is 1. The SMILES string of the molecule is O=C(O)c1cc(SNCc2cccc(Cl)c2)c2ccccc2c1O. The average Bonchev–Trinajstić information content (AvgIpc) is 2.57. The van der Waals surface area contributed by atoms with E-state index < -0.39 is 5.97 Å². The molecule has 4 nitrogen and oxygen atoms in total. The van der Waals surface area contributed by atoms with Crippen molar-refractivity contribution < 1.29 is 15.0 Å². The van der Waals surface area contributed by atoms with Gasteiger partial charge in [-0.15, -0.1) is 0 Å². The number of hydrogen-bond donors (Lipinski definition) is 3. The van der Waals surface area contributed by atoms with Crippen molar-refractivity contribution in [2.45, 2.75) is 11.4 Å². The zero-order chi connectivity index (χ0) is 17.1. The number of phenols is 1. The van der Waals surface area contributed by atoms with Crippen molar-refractivity contribution in [1.82, 2.24) is 4.72 Å². The quantitative estimate of drug-likeness (QED) is 0.576. The molecule has 3 aromatic carbocycles. The molecule has 0 aliphatic rings. The van der Waals surface area contributed by atoms with E-state index in [1.54, 1.807) is 12.1 Å². The molecule has 0 unspecified atom stereocenters. The van der Waals surface area contributed by atoms with Crippen molar-refractivity contribution in [3.63, 3.8) is 0 Å². The minimum absolute atomic E-state index is 0.110. The lowest BCUT2D eigenvalue weighted by Crippen LogP contribution is -2.04. The molecule has 0 atom stereocenters. The summed E-state index contributed by atoms with van der Waals surface area (Å²) in [6.45, 7) is 0.572. The van der Waals surface area contributed by atoms with Gasteiger partial charge in [0.1, 0.15) is 11.3 Å². The number of fused-ring (bicyclic) bond motifs is 1. The molecular formula is C18H14ClNO3S. The van der Waals surface area contributed by atoms with Crippen LogP contribution in [0.3, 0.4) is 0 Å². The number of halogens is 1. The Labute approximate surface area is 148 Å². The molecule has 0 radical (unpaired) electrons. The summed E-state index contributed by atoms with van der Waals surface area (Å²) < 4.78 is 3.21. The van der Waals surface area contributed by atoms with E-state index in [4.69, 9.17) is 11.6 Å². The first-order chi connectivity index (χ1) is 11.6. The average molecular weight is 360 g/mol. The number of benzene rings is 3. The Morgan fingerprint density at radius 2 is 1.83 bits per heavy atom. The first-order valence-electron chi connectivity index (χ1n) is 7.18. The van der Waals surface area contributed by atoms with E-state index in [0.29, 0.717) is 17.0 Å². The predicted molar refractivity (Wildman–Crippen MR) is 96.7 cm³/mol. The minimum Gasteiger partial charge on any atom is -0.506 e. The van der Waals surface area contributed by atoms with E-state index in [-0.39, 0.29) is 11.3 Å². The van der Waals surface area contributed by atoms with Crippen molar-refractivity contribution in [1.29, 1.82) is 0 Å². The molecule has 3 N–H and O–H groups in total. The molecule has 0 spiro atoms. The molecule has 0 saturated carbocycles. The van der Waals surface area contributed by atoms with Crippen LogP contribution in [0.15, 0.2) is 59.5 Å². The molecular weight excluding hydrogens is 346 g/mol. The molecule has 122 valence electrons. The largest absolute Gasteiger partial charge is 0.506 e. The second-order valence-electron chi connectivity index (χ2n) is 5.17. The van der Waals surface area contributed by atoms with Gasteiger partial charge in [0, 0.05) is 27.2 Å². The van der Waals surface area contributed by atoms with E-state index >= 15 is 0 Å². The summed E-state index contributed by atoms with van der Waals surface area (Å²) in [6, 6.07) is 16.2. The first-order valence-corrected chi connectivity index (χ1v) is 8.38. The molecule has 0 amide bonds. The highest BCUT2D eigenvalue weighted by Gasteiger charge is 2.16. The molecule has 6 heteroatoms. The van der Waals surface area contributed by atoms with Crippen LogP contribution in [0.1, 0.15) is 15.9 Å². The molecule has 0 aliphatic carbocycles. The number of carboxylic acid groups (broad SMARTS) is 1. The first kappa shape index (κ1) is 16.6. The fourth-order valence-electron chi connectivity index (χ4n) is 2.42. The van der Waals surface area contributed by atoms with Gasteiger partial charge >= 0.3 is 5.97 Å². The van der Waals surface area contributed by atoms with Crippen molar-refractivity contribution >= 4 is 40.3 Å². The predicted octanol–water partition coefficient (Wildman–Crippen LogP) is 4.69. The Morgan fingerprint density at radius 3 is 2.54 bits per heavy atom. The van der Waals surface area contributed by atoms with Crippen LogP contribution in [0.4, 0.5) is 0 Å². The molecule has 3 aromatic rings. The lowest BCUT2D eigenvalue weighted by molar-refractivity contribution is 0.0694. The van der Waals surface area contributed by atoms with Gasteiger partial charge in [-0.1, -0.05) is 48.0 Å². The second kappa shape index (κ2) is 7.13. The van der Waals surface area contributed by atoms with Gasteiger partial charge in [0.2, 0.25) is 0 Å². The summed E-state index contributed by atoms with van der Waals surface area (Å²) in [5.41, 5.74) is 0.914. The number of aromatic hydroxyl groups is 1. The summed E-state index contributed by atoms with van der Waals surface area (Å²) in [7, 11) is 0. The Morgan fingerprint density at radius 1 is 1.08 bits per heavy atom. The zero-order valence-corrected chi connectivity index (χ0v) is 14.1. The van der Waals surface area contributed by atoms with Gasteiger partial charge in [0.05, 0.1) is 0 Å². The molecule has 0 fully saturated rings. The molecule has 0 aliphatic heterocycles. The van der Waals surface area contributed by atoms with Crippen LogP contribution in [-0.4, -0.2) is 16.2 Å². The minimum atomic E-state index is -1.16. The summed E-state index contributed by atoms with van der Waals surface area (Å²) in [5.74, 6) is -1.37. The molecule has 0 heterocycles. The fourth-order valence-corrected chi connectivity index (χ4v) is 3.49. The van der Waals surface area contributed by atoms with Crippen LogP contribution in [0, 0.1) is 0 Å². The molecule has 0 aromatic heterocycles. The summed E-state index contributed by atoms with van der Waals surface area (Å²) in [6.07, 6.45) is 0. The van der Waals surface area contributed by atoms with Crippen molar-refractivity contribution in [3.05, 3.63) is 70.7 Å². The molecule has 0 saturated heterocycles. The van der Waals surface area contributed by atoms with Gasteiger partial charge in [-0.25, -0.2) is 4.79 Å². The Balaban J connectivity index is 1.88. The van der Waals surface area contributed by atoms with Crippen LogP contribution in [0.2, 0.25) is 5.02 Å². The highest BCUT2D eigenvalue weighted by atomic mass is 35.5.